The minimum atomic E-state index is -0.0594. The molecule has 12 heavy (non-hydrogen) atoms. The SMILES string of the molecule is COCC(C)(C)CC(=O)N(C)C. The average Bonchev–Trinajstić information content (AvgIpc) is 1.85. The number of rotatable bonds is 4. The van der Waals surface area contributed by atoms with Crippen LogP contribution in [0.2, 0.25) is 0 Å². The molecule has 0 unspecified atom stereocenters. The molecule has 0 atom stereocenters. The normalized spacial score (nSPS) is 11.4. The zero-order valence-electron chi connectivity index (χ0n) is 8.68. The van der Waals surface area contributed by atoms with Gasteiger partial charge in [-0.05, 0) is 5.41 Å². The zero-order valence-corrected chi connectivity index (χ0v) is 8.68. The summed E-state index contributed by atoms with van der Waals surface area (Å²) in [6, 6.07) is 0. The van der Waals surface area contributed by atoms with Crippen molar-refractivity contribution in [3.8, 4) is 0 Å². The van der Waals surface area contributed by atoms with E-state index in [4.69, 9.17) is 4.74 Å². The van der Waals surface area contributed by atoms with Gasteiger partial charge in [0.1, 0.15) is 0 Å². The first kappa shape index (κ1) is 11.4. The molecule has 0 saturated heterocycles. The molecule has 1 amide bonds. The number of methoxy groups -OCH3 is 1. The van der Waals surface area contributed by atoms with Gasteiger partial charge in [0.15, 0.2) is 0 Å². The lowest BCUT2D eigenvalue weighted by molar-refractivity contribution is -0.131. The van der Waals surface area contributed by atoms with Crippen LogP contribution in [0.1, 0.15) is 20.3 Å². The van der Waals surface area contributed by atoms with Crippen molar-refractivity contribution in [2.45, 2.75) is 20.3 Å². The fourth-order valence-electron chi connectivity index (χ4n) is 1.01. The molecule has 0 N–H and O–H groups in total. The average molecular weight is 173 g/mol. The molecule has 0 aliphatic carbocycles. The Morgan fingerprint density at radius 3 is 2.25 bits per heavy atom. The van der Waals surface area contributed by atoms with Gasteiger partial charge in [0, 0.05) is 27.6 Å². The van der Waals surface area contributed by atoms with Gasteiger partial charge in [0.05, 0.1) is 6.61 Å². The van der Waals surface area contributed by atoms with E-state index in [2.05, 4.69) is 0 Å². The Morgan fingerprint density at radius 1 is 1.42 bits per heavy atom. The minimum absolute atomic E-state index is 0.0594. The number of hydrogen-bond donors (Lipinski definition) is 0. The van der Waals surface area contributed by atoms with Gasteiger partial charge in [-0.2, -0.15) is 0 Å². The summed E-state index contributed by atoms with van der Waals surface area (Å²) in [5.41, 5.74) is -0.0594. The fourth-order valence-corrected chi connectivity index (χ4v) is 1.01. The lowest BCUT2D eigenvalue weighted by Crippen LogP contribution is -2.30. The van der Waals surface area contributed by atoms with Gasteiger partial charge in [-0.3, -0.25) is 4.79 Å². The lowest BCUT2D eigenvalue weighted by Gasteiger charge is -2.24. The number of carbonyl (C=O) groups excluding carboxylic acids is 1. The Bertz CT molecular complexity index is 153. The van der Waals surface area contributed by atoms with E-state index in [9.17, 15) is 4.79 Å². The lowest BCUT2D eigenvalue weighted by atomic mass is 9.90. The number of hydrogen-bond acceptors (Lipinski definition) is 2. The molecule has 0 aliphatic heterocycles. The van der Waals surface area contributed by atoms with E-state index in [1.165, 1.54) is 0 Å². The van der Waals surface area contributed by atoms with E-state index in [1.807, 2.05) is 13.8 Å². The van der Waals surface area contributed by atoms with E-state index in [1.54, 1.807) is 26.1 Å². The van der Waals surface area contributed by atoms with Crippen LogP contribution < -0.4 is 0 Å². The zero-order chi connectivity index (χ0) is 9.78. The van der Waals surface area contributed by atoms with Gasteiger partial charge in [-0.15, -0.1) is 0 Å². The smallest absolute Gasteiger partial charge is 0.222 e. The predicted octanol–water partition coefficient (Wildman–Crippen LogP) is 1.14. The van der Waals surface area contributed by atoms with Crippen LogP contribution in [0.5, 0.6) is 0 Å². The van der Waals surface area contributed by atoms with Crippen LogP contribution in [0.3, 0.4) is 0 Å². The second kappa shape index (κ2) is 4.45. The summed E-state index contributed by atoms with van der Waals surface area (Å²) < 4.78 is 5.02. The van der Waals surface area contributed by atoms with Crippen molar-refractivity contribution >= 4 is 5.91 Å². The second-order valence-electron chi connectivity index (χ2n) is 4.06. The highest BCUT2D eigenvalue weighted by molar-refractivity contribution is 5.76. The largest absolute Gasteiger partial charge is 0.384 e. The standard InChI is InChI=1S/C9H19NO2/c1-9(2,7-12-5)6-8(11)10(3)4/h6-7H2,1-5H3. The van der Waals surface area contributed by atoms with Crippen molar-refractivity contribution < 1.29 is 9.53 Å². The highest BCUT2D eigenvalue weighted by atomic mass is 16.5. The van der Waals surface area contributed by atoms with Crippen LogP contribution in [0.25, 0.3) is 0 Å². The van der Waals surface area contributed by atoms with Crippen LogP contribution in [0.15, 0.2) is 0 Å². The minimum Gasteiger partial charge on any atom is -0.384 e. The summed E-state index contributed by atoms with van der Waals surface area (Å²) in [7, 11) is 5.19. The van der Waals surface area contributed by atoms with Gasteiger partial charge in [-0.25, -0.2) is 0 Å². The summed E-state index contributed by atoms with van der Waals surface area (Å²) in [5.74, 6) is 0.150. The molecule has 0 aliphatic rings. The third-order valence-corrected chi connectivity index (χ3v) is 1.66. The summed E-state index contributed by atoms with van der Waals surface area (Å²) in [5, 5.41) is 0. The Hall–Kier alpha value is -0.570. The Morgan fingerprint density at radius 2 is 1.92 bits per heavy atom. The molecule has 0 heterocycles. The Balaban J connectivity index is 3.96. The molecule has 0 aromatic heterocycles. The summed E-state index contributed by atoms with van der Waals surface area (Å²) in [6.45, 7) is 4.67. The molecule has 0 fully saturated rings. The van der Waals surface area contributed by atoms with E-state index < -0.39 is 0 Å². The van der Waals surface area contributed by atoms with Crippen LogP contribution in [0.4, 0.5) is 0 Å². The maximum atomic E-state index is 11.3. The van der Waals surface area contributed by atoms with Crippen LogP contribution in [-0.4, -0.2) is 38.6 Å². The summed E-state index contributed by atoms with van der Waals surface area (Å²) in [4.78, 5) is 12.9. The highest BCUT2D eigenvalue weighted by Crippen LogP contribution is 2.20. The number of amides is 1. The second-order valence-corrected chi connectivity index (χ2v) is 4.06. The molecule has 0 aromatic rings. The highest BCUT2D eigenvalue weighted by Gasteiger charge is 2.22. The summed E-state index contributed by atoms with van der Waals surface area (Å²) in [6.07, 6.45) is 0.536. The van der Waals surface area contributed by atoms with Crippen molar-refractivity contribution in [3.05, 3.63) is 0 Å². The van der Waals surface area contributed by atoms with Crippen LogP contribution in [0, 0.1) is 5.41 Å². The third kappa shape index (κ3) is 4.34. The van der Waals surface area contributed by atoms with Gasteiger partial charge in [-0.1, -0.05) is 13.8 Å². The van der Waals surface area contributed by atoms with E-state index in [0.29, 0.717) is 13.0 Å². The van der Waals surface area contributed by atoms with Crippen LogP contribution in [-0.2, 0) is 9.53 Å². The number of ether oxygens (including phenoxy) is 1. The molecule has 0 bridgehead atoms. The first-order valence-corrected chi connectivity index (χ1v) is 4.08. The molecule has 3 nitrogen and oxygen atoms in total. The monoisotopic (exact) mass is 173 g/mol. The van der Waals surface area contributed by atoms with Gasteiger partial charge in [0.25, 0.3) is 0 Å². The summed E-state index contributed by atoms with van der Waals surface area (Å²) >= 11 is 0. The quantitative estimate of drug-likeness (QED) is 0.638. The van der Waals surface area contributed by atoms with Crippen molar-refractivity contribution in [3.63, 3.8) is 0 Å². The first-order chi connectivity index (χ1) is 5.39. The first-order valence-electron chi connectivity index (χ1n) is 4.08. The molecule has 0 saturated carbocycles. The molecule has 0 aromatic carbocycles. The number of nitrogens with zero attached hydrogens (tertiary/aromatic N) is 1. The Kier molecular flexibility index (Phi) is 4.24. The van der Waals surface area contributed by atoms with Crippen molar-refractivity contribution in [1.82, 2.24) is 4.90 Å². The molecule has 72 valence electrons. The maximum absolute atomic E-state index is 11.3. The van der Waals surface area contributed by atoms with Crippen molar-refractivity contribution in [2.75, 3.05) is 27.8 Å². The number of carbonyl (C=O) groups is 1. The molecular weight excluding hydrogens is 154 g/mol. The Labute approximate surface area is 74.7 Å². The van der Waals surface area contributed by atoms with Gasteiger partial charge >= 0.3 is 0 Å². The third-order valence-electron chi connectivity index (χ3n) is 1.66. The van der Waals surface area contributed by atoms with Crippen molar-refractivity contribution in [1.29, 1.82) is 0 Å². The van der Waals surface area contributed by atoms with Gasteiger partial charge in [0.2, 0.25) is 5.91 Å². The van der Waals surface area contributed by atoms with E-state index in [-0.39, 0.29) is 11.3 Å². The van der Waals surface area contributed by atoms with Gasteiger partial charge < -0.3 is 9.64 Å². The molecular formula is C9H19NO2. The maximum Gasteiger partial charge on any atom is 0.222 e. The predicted molar refractivity (Wildman–Crippen MR) is 49.0 cm³/mol. The van der Waals surface area contributed by atoms with Crippen LogP contribution >= 0.6 is 0 Å². The topological polar surface area (TPSA) is 29.5 Å². The molecule has 3 heteroatoms. The molecule has 0 radical (unpaired) electrons. The van der Waals surface area contributed by atoms with E-state index in [0.717, 1.165) is 0 Å². The molecule has 0 spiro atoms. The van der Waals surface area contributed by atoms with E-state index >= 15 is 0 Å². The fraction of sp³-hybridized carbons (Fsp3) is 0.889. The molecule has 0 rings (SSSR count). The van der Waals surface area contributed by atoms with Crippen molar-refractivity contribution in [2.24, 2.45) is 5.41 Å².